The molecule has 1 aliphatic rings. The number of amides is 1. The van der Waals surface area contributed by atoms with Gasteiger partial charge >= 0.3 is 0 Å². The van der Waals surface area contributed by atoms with Crippen LogP contribution in [0.15, 0.2) is 37.2 Å². The third kappa shape index (κ3) is 4.52. The molecule has 1 saturated carbocycles. The first-order chi connectivity index (χ1) is 15.0. The summed E-state index contributed by atoms with van der Waals surface area (Å²) in [5, 5.41) is 5.81. The van der Waals surface area contributed by atoms with Gasteiger partial charge in [0.15, 0.2) is 5.78 Å². The van der Waals surface area contributed by atoms with Gasteiger partial charge in [0.05, 0.1) is 29.1 Å². The lowest BCUT2D eigenvalue weighted by Crippen LogP contribution is -2.16. The number of ketones is 1. The lowest BCUT2D eigenvalue weighted by molar-refractivity contribution is -0.117. The average Bonchev–Trinajstić information content (AvgIpc) is 3.52. The first-order valence-corrected chi connectivity index (χ1v) is 9.80. The summed E-state index contributed by atoms with van der Waals surface area (Å²) in [6.07, 6.45) is 5.39. The van der Waals surface area contributed by atoms with Crippen LogP contribution in [-0.2, 0) is 4.79 Å². The highest BCUT2D eigenvalue weighted by atomic mass is 19.1. The number of hydrogen-bond acceptors (Lipinski definition) is 8. The summed E-state index contributed by atoms with van der Waals surface area (Å²) in [5.41, 5.74) is 2.97. The number of pyridine rings is 1. The van der Waals surface area contributed by atoms with Crippen molar-refractivity contribution < 1.29 is 14.0 Å². The molecule has 4 rings (SSSR count). The summed E-state index contributed by atoms with van der Waals surface area (Å²) in [6.45, 7) is 3.66. The van der Waals surface area contributed by atoms with Crippen molar-refractivity contribution in [3.63, 3.8) is 0 Å². The summed E-state index contributed by atoms with van der Waals surface area (Å²) in [6, 6.07) is 3.30. The van der Waals surface area contributed by atoms with Crippen LogP contribution >= 0.6 is 0 Å². The summed E-state index contributed by atoms with van der Waals surface area (Å²) >= 11 is 0. The van der Waals surface area contributed by atoms with Gasteiger partial charge < -0.3 is 10.6 Å². The molecule has 2 atom stereocenters. The fourth-order valence-electron chi connectivity index (χ4n) is 2.99. The molecule has 0 saturated heterocycles. The maximum atomic E-state index is 13.1. The molecule has 1 amide bonds. The molecule has 2 N–H and O–H groups in total. The van der Waals surface area contributed by atoms with E-state index >= 15 is 0 Å². The van der Waals surface area contributed by atoms with E-state index in [1.54, 1.807) is 31.5 Å². The molecule has 3 aromatic heterocycles. The van der Waals surface area contributed by atoms with Crippen LogP contribution in [0, 0.1) is 12.8 Å². The Morgan fingerprint density at radius 3 is 2.65 bits per heavy atom. The summed E-state index contributed by atoms with van der Waals surface area (Å²) < 4.78 is 13.1. The predicted molar refractivity (Wildman–Crippen MR) is 112 cm³/mol. The van der Waals surface area contributed by atoms with E-state index in [-0.39, 0.29) is 18.0 Å². The zero-order valence-electron chi connectivity index (χ0n) is 17.0. The van der Waals surface area contributed by atoms with E-state index in [9.17, 15) is 14.0 Å². The average molecular weight is 421 g/mol. The number of rotatable bonds is 7. The van der Waals surface area contributed by atoms with Crippen molar-refractivity contribution in [2.45, 2.75) is 32.9 Å². The Kier molecular flexibility index (Phi) is 5.61. The minimum Gasteiger partial charge on any atom is -0.338 e. The van der Waals surface area contributed by atoms with Crippen LogP contribution in [0.1, 0.15) is 35.8 Å². The number of anilines is 3. The highest BCUT2D eigenvalue weighted by Crippen LogP contribution is 2.35. The first-order valence-electron chi connectivity index (χ1n) is 9.80. The van der Waals surface area contributed by atoms with Crippen molar-refractivity contribution in [2.75, 3.05) is 10.6 Å². The molecule has 0 spiro atoms. The van der Waals surface area contributed by atoms with Crippen LogP contribution in [0.3, 0.4) is 0 Å². The largest absolute Gasteiger partial charge is 0.338 e. The molecule has 1 aliphatic carbocycles. The number of nitrogens with zero attached hydrogens (tertiary/aromatic N) is 5. The Bertz CT molecular complexity index is 1150. The lowest BCUT2D eigenvalue weighted by atomic mass is 10.1. The standard InChI is InChI=1S/C21H20FN7O2/c1-3-18(30)16-4-11(2)17(8-24-16)28-20-13(7-23-9-27-20)15-6-19(26-10-25-15)29-21(31)12-5-14(12)22/h4,6-10,12,14H,3,5H2,1-2H3,(H,23,27,28)(H,25,26,29,31)/t12-,14+/m0/s1. The highest BCUT2D eigenvalue weighted by molar-refractivity contribution is 5.95. The van der Waals surface area contributed by atoms with E-state index in [0.29, 0.717) is 34.9 Å². The Morgan fingerprint density at radius 1 is 1.13 bits per heavy atom. The maximum Gasteiger partial charge on any atom is 0.231 e. The molecule has 10 heteroatoms. The van der Waals surface area contributed by atoms with Crippen LogP contribution in [0.25, 0.3) is 11.3 Å². The van der Waals surface area contributed by atoms with E-state index in [4.69, 9.17) is 0 Å². The monoisotopic (exact) mass is 421 g/mol. The molecule has 158 valence electrons. The van der Waals surface area contributed by atoms with Crippen molar-refractivity contribution in [1.82, 2.24) is 24.9 Å². The number of Topliss-reactive ketones (excluding diaryl/α,β-unsaturated/α-hetero) is 1. The topological polar surface area (TPSA) is 123 Å². The van der Waals surface area contributed by atoms with E-state index in [0.717, 1.165) is 5.56 Å². The second-order valence-electron chi connectivity index (χ2n) is 7.21. The highest BCUT2D eigenvalue weighted by Gasteiger charge is 2.43. The molecule has 31 heavy (non-hydrogen) atoms. The number of aryl methyl sites for hydroxylation is 1. The van der Waals surface area contributed by atoms with Gasteiger partial charge in [-0.15, -0.1) is 0 Å². The molecule has 0 unspecified atom stereocenters. The van der Waals surface area contributed by atoms with Crippen molar-refractivity contribution in [2.24, 2.45) is 5.92 Å². The molecule has 0 radical (unpaired) electrons. The zero-order chi connectivity index (χ0) is 22.0. The number of carbonyl (C=O) groups excluding carboxylic acids is 2. The summed E-state index contributed by atoms with van der Waals surface area (Å²) in [5.74, 6) is -0.309. The molecule has 0 aromatic carbocycles. The molecule has 0 bridgehead atoms. The van der Waals surface area contributed by atoms with Gasteiger partial charge in [-0.3, -0.25) is 14.6 Å². The first kappa shape index (κ1) is 20.5. The molecule has 3 aromatic rings. The molecule has 1 fully saturated rings. The predicted octanol–water partition coefficient (Wildman–Crippen LogP) is 3.27. The Labute approximate surface area is 177 Å². The van der Waals surface area contributed by atoms with Crippen LogP contribution in [0.5, 0.6) is 0 Å². The van der Waals surface area contributed by atoms with Gasteiger partial charge in [-0.25, -0.2) is 24.3 Å². The quantitative estimate of drug-likeness (QED) is 0.557. The van der Waals surface area contributed by atoms with Gasteiger partial charge in [-0.05, 0) is 25.0 Å². The number of hydrogen-bond donors (Lipinski definition) is 2. The summed E-state index contributed by atoms with van der Waals surface area (Å²) in [7, 11) is 0. The maximum absolute atomic E-state index is 13.1. The molecule has 0 aliphatic heterocycles. The minimum atomic E-state index is -1.09. The van der Waals surface area contributed by atoms with E-state index < -0.39 is 18.0 Å². The zero-order valence-corrected chi connectivity index (χ0v) is 17.0. The lowest BCUT2D eigenvalue weighted by Gasteiger charge is -2.13. The van der Waals surface area contributed by atoms with E-state index in [1.807, 2.05) is 6.92 Å². The van der Waals surface area contributed by atoms with E-state index in [1.165, 1.54) is 12.7 Å². The van der Waals surface area contributed by atoms with Crippen LogP contribution < -0.4 is 10.6 Å². The fourth-order valence-corrected chi connectivity index (χ4v) is 2.99. The molecule has 3 heterocycles. The van der Waals surface area contributed by atoms with Gasteiger partial charge in [0.1, 0.15) is 36.2 Å². The third-order valence-electron chi connectivity index (χ3n) is 4.93. The Morgan fingerprint density at radius 2 is 1.94 bits per heavy atom. The van der Waals surface area contributed by atoms with Gasteiger partial charge in [-0.2, -0.15) is 0 Å². The van der Waals surface area contributed by atoms with Crippen molar-refractivity contribution >= 4 is 29.0 Å². The smallest absolute Gasteiger partial charge is 0.231 e. The van der Waals surface area contributed by atoms with Crippen LogP contribution in [0.2, 0.25) is 0 Å². The van der Waals surface area contributed by atoms with Crippen LogP contribution in [-0.4, -0.2) is 42.8 Å². The normalized spacial score (nSPS) is 17.1. The second-order valence-corrected chi connectivity index (χ2v) is 7.21. The Balaban J connectivity index is 1.59. The van der Waals surface area contributed by atoms with Gasteiger partial charge in [0.25, 0.3) is 0 Å². The second kappa shape index (κ2) is 8.50. The van der Waals surface area contributed by atoms with Crippen molar-refractivity contribution in [1.29, 1.82) is 0 Å². The van der Waals surface area contributed by atoms with Gasteiger partial charge in [-0.1, -0.05) is 6.92 Å². The minimum absolute atomic E-state index is 0.0294. The van der Waals surface area contributed by atoms with Crippen molar-refractivity contribution in [3.05, 3.63) is 48.4 Å². The number of halogens is 1. The molecule has 9 nitrogen and oxygen atoms in total. The van der Waals surface area contributed by atoms with Crippen LogP contribution in [0.4, 0.5) is 21.7 Å². The Hall–Kier alpha value is -3.82. The number of aromatic nitrogens is 5. The van der Waals surface area contributed by atoms with E-state index in [2.05, 4.69) is 35.6 Å². The third-order valence-corrected chi connectivity index (χ3v) is 4.93. The molecular weight excluding hydrogens is 401 g/mol. The van der Waals surface area contributed by atoms with Gasteiger partial charge in [0.2, 0.25) is 5.91 Å². The number of nitrogens with one attached hydrogen (secondary N) is 2. The SMILES string of the molecule is CCC(=O)c1cc(C)c(Nc2ncncc2-c2cc(NC(=O)[C@H]3C[C@H]3F)ncn2)cn1. The number of alkyl halides is 1. The van der Waals surface area contributed by atoms with Gasteiger partial charge in [0, 0.05) is 18.7 Å². The fraction of sp³-hybridized carbons (Fsp3) is 0.286. The number of carbonyl (C=O) groups is 2. The summed E-state index contributed by atoms with van der Waals surface area (Å²) in [4.78, 5) is 44.7. The van der Waals surface area contributed by atoms with Crippen molar-refractivity contribution in [3.8, 4) is 11.3 Å². The molecular formula is C21H20FN7O2.